The number of carbonyl (C=O) groups is 1. The van der Waals surface area contributed by atoms with E-state index in [1.54, 1.807) is 23.1 Å². The van der Waals surface area contributed by atoms with Crippen LogP contribution in [-0.4, -0.2) is 36.1 Å². The fourth-order valence-electron chi connectivity index (χ4n) is 1.55. The van der Waals surface area contributed by atoms with Gasteiger partial charge < -0.3 is 14.7 Å². The molecule has 0 bridgehead atoms. The van der Waals surface area contributed by atoms with Gasteiger partial charge in [-0.2, -0.15) is 0 Å². The quantitative estimate of drug-likeness (QED) is 0.794. The zero-order valence-electron chi connectivity index (χ0n) is 8.56. The molecule has 1 amide bonds. The standard InChI is InChI=1S/C11H13NO3/c1-15-9-5-2-4-8(10(9)13)11(14)12-6-3-7-12/h2,4-5,13H,3,6-7H2,1H3. The molecular formula is C11H13NO3. The average Bonchev–Trinajstić information content (AvgIpc) is 2.15. The topological polar surface area (TPSA) is 49.8 Å². The highest BCUT2D eigenvalue weighted by Crippen LogP contribution is 2.30. The third-order valence-electron chi connectivity index (χ3n) is 2.59. The van der Waals surface area contributed by atoms with Crippen molar-refractivity contribution in [1.29, 1.82) is 0 Å². The molecule has 1 aromatic rings. The monoisotopic (exact) mass is 207 g/mol. The number of hydrogen-bond acceptors (Lipinski definition) is 3. The Morgan fingerprint density at radius 3 is 2.73 bits per heavy atom. The lowest BCUT2D eigenvalue weighted by atomic mass is 10.1. The van der Waals surface area contributed by atoms with Crippen LogP contribution in [0.25, 0.3) is 0 Å². The van der Waals surface area contributed by atoms with E-state index in [2.05, 4.69) is 0 Å². The molecule has 1 aromatic carbocycles. The summed E-state index contributed by atoms with van der Waals surface area (Å²) < 4.78 is 4.95. The van der Waals surface area contributed by atoms with Gasteiger partial charge in [-0.1, -0.05) is 6.07 Å². The van der Waals surface area contributed by atoms with E-state index in [-0.39, 0.29) is 11.7 Å². The van der Waals surface area contributed by atoms with Crippen molar-refractivity contribution in [2.45, 2.75) is 6.42 Å². The molecule has 80 valence electrons. The second-order valence-electron chi connectivity index (χ2n) is 3.50. The Morgan fingerprint density at radius 1 is 1.47 bits per heavy atom. The first-order valence-electron chi connectivity index (χ1n) is 4.89. The molecule has 0 saturated carbocycles. The molecular weight excluding hydrogens is 194 g/mol. The molecule has 2 rings (SSSR count). The lowest BCUT2D eigenvalue weighted by Gasteiger charge is -2.31. The SMILES string of the molecule is COc1cccc(C(=O)N2CCC2)c1O. The van der Waals surface area contributed by atoms with Crippen molar-refractivity contribution in [2.75, 3.05) is 20.2 Å². The van der Waals surface area contributed by atoms with Crippen LogP contribution in [0.2, 0.25) is 0 Å². The molecule has 0 radical (unpaired) electrons. The summed E-state index contributed by atoms with van der Waals surface area (Å²) in [6, 6.07) is 4.94. The van der Waals surface area contributed by atoms with Gasteiger partial charge in [0.25, 0.3) is 5.91 Å². The number of nitrogens with zero attached hydrogens (tertiary/aromatic N) is 1. The summed E-state index contributed by atoms with van der Waals surface area (Å²) in [5.41, 5.74) is 0.314. The van der Waals surface area contributed by atoms with E-state index in [1.165, 1.54) is 7.11 Å². The predicted molar refractivity (Wildman–Crippen MR) is 55.2 cm³/mol. The number of aromatic hydroxyl groups is 1. The summed E-state index contributed by atoms with van der Waals surface area (Å²) in [6.07, 6.45) is 1.04. The third kappa shape index (κ3) is 1.63. The van der Waals surface area contributed by atoms with Crippen molar-refractivity contribution in [1.82, 2.24) is 4.90 Å². The Kier molecular flexibility index (Phi) is 2.49. The molecule has 4 nitrogen and oxygen atoms in total. The van der Waals surface area contributed by atoms with Crippen molar-refractivity contribution in [3.8, 4) is 11.5 Å². The van der Waals surface area contributed by atoms with E-state index in [0.717, 1.165) is 19.5 Å². The zero-order chi connectivity index (χ0) is 10.8. The summed E-state index contributed by atoms with van der Waals surface area (Å²) in [7, 11) is 1.47. The first-order chi connectivity index (χ1) is 7.24. The number of phenols is 1. The first kappa shape index (κ1) is 9.83. The molecule has 0 aliphatic carbocycles. The number of rotatable bonds is 2. The average molecular weight is 207 g/mol. The highest BCUT2D eigenvalue weighted by Gasteiger charge is 2.24. The van der Waals surface area contributed by atoms with Crippen LogP contribution in [0.4, 0.5) is 0 Å². The zero-order valence-corrected chi connectivity index (χ0v) is 8.56. The summed E-state index contributed by atoms with van der Waals surface area (Å²) >= 11 is 0. The number of ether oxygens (including phenoxy) is 1. The minimum absolute atomic E-state index is 0.0723. The van der Waals surface area contributed by atoms with Crippen molar-refractivity contribution < 1.29 is 14.6 Å². The van der Waals surface area contributed by atoms with Gasteiger partial charge in [-0.3, -0.25) is 4.79 Å². The minimum atomic E-state index is -0.127. The van der Waals surface area contributed by atoms with Gasteiger partial charge in [0.05, 0.1) is 12.7 Å². The molecule has 1 saturated heterocycles. The van der Waals surface area contributed by atoms with Crippen LogP contribution in [0.15, 0.2) is 18.2 Å². The maximum atomic E-state index is 11.8. The summed E-state index contributed by atoms with van der Waals surface area (Å²) in [6.45, 7) is 1.55. The Bertz CT molecular complexity index is 385. The second-order valence-corrected chi connectivity index (χ2v) is 3.50. The number of amides is 1. The van der Waals surface area contributed by atoms with Crippen LogP contribution in [0.1, 0.15) is 16.8 Å². The number of benzene rings is 1. The fraction of sp³-hybridized carbons (Fsp3) is 0.364. The molecule has 1 N–H and O–H groups in total. The number of hydrogen-bond donors (Lipinski definition) is 1. The fourth-order valence-corrected chi connectivity index (χ4v) is 1.55. The van der Waals surface area contributed by atoms with Gasteiger partial charge in [0.1, 0.15) is 0 Å². The van der Waals surface area contributed by atoms with Gasteiger partial charge in [0.15, 0.2) is 11.5 Å². The Morgan fingerprint density at radius 2 is 2.20 bits per heavy atom. The van der Waals surface area contributed by atoms with Gasteiger partial charge in [0, 0.05) is 13.1 Å². The number of carbonyl (C=O) groups excluding carboxylic acids is 1. The molecule has 0 atom stereocenters. The van der Waals surface area contributed by atoms with Crippen LogP contribution in [0, 0.1) is 0 Å². The van der Waals surface area contributed by atoms with Crippen LogP contribution in [0.5, 0.6) is 11.5 Å². The highest BCUT2D eigenvalue weighted by atomic mass is 16.5. The van der Waals surface area contributed by atoms with E-state index >= 15 is 0 Å². The minimum Gasteiger partial charge on any atom is -0.504 e. The normalized spacial score (nSPS) is 14.6. The number of phenolic OH excluding ortho intramolecular Hbond substituents is 1. The predicted octanol–water partition coefficient (Wildman–Crippen LogP) is 1.25. The van der Waals surface area contributed by atoms with Crippen molar-refractivity contribution >= 4 is 5.91 Å². The number of likely N-dealkylation sites (tertiary alicyclic amines) is 1. The third-order valence-corrected chi connectivity index (χ3v) is 2.59. The van der Waals surface area contributed by atoms with E-state index < -0.39 is 0 Å². The molecule has 1 aliphatic rings. The Balaban J connectivity index is 2.30. The highest BCUT2D eigenvalue weighted by molar-refractivity contribution is 5.98. The second kappa shape index (κ2) is 3.81. The summed E-state index contributed by atoms with van der Waals surface area (Å²) in [5, 5.41) is 9.76. The Hall–Kier alpha value is -1.71. The van der Waals surface area contributed by atoms with Gasteiger partial charge in [0.2, 0.25) is 0 Å². The van der Waals surface area contributed by atoms with Gasteiger partial charge in [-0.15, -0.1) is 0 Å². The van der Waals surface area contributed by atoms with Crippen LogP contribution >= 0.6 is 0 Å². The number of methoxy groups -OCH3 is 1. The Labute approximate surface area is 88.1 Å². The van der Waals surface area contributed by atoms with Crippen molar-refractivity contribution in [2.24, 2.45) is 0 Å². The maximum Gasteiger partial charge on any atom is 0.257 e. The lowest BCUT2D eigenvalue weighted by molar-refractivity contribution is 0.0648. The van der Waals surface area contributed by atoms with Crippen molar-refractivity contribution in [3.63, 3.8) is 0 Å². The first-order valence-corrected chi connectivity index (χ1v) is 4.89. The summed E-state index contributed by atoms with van der Waals surface area (Å²) in [4.78, 5) is 13.5. The maximum absolute atomic E-state index is 11.8. The van der Waals surface area contributed by atoms with E-state index in [4.69, 9.17) is 4.74 Å². The van der Waals surface area contributed by atoms with E-state index in [0.29, 0.717) is 11.3 Å². The lowest BCUT2D eigenvalue weighted by Crippen LogP contribution is -2.42. The smallest absolute Gasteiger partial charge is 0.257 e. The largest absolute Gasteiger partial charge is 0.504 e. The molecule has 0 spiro atoms. The molecule has 15 heavy (non-hydrogen) atoms. The van der Waals surface area contributed by atoms with Gasteiger partial charge in [-0.25, -0.2) is 0 Å². The number of para-hydroxylation sites is 1. The molecule has 0 aromatic heterocycles. The van der Waals surface area contributed by atoms with Crippen LogP contribution < -0.4 is 4.74 Å². The molecule has 4 heteroatoms. The van der Waals surface area contributed by atoms with Crippen molar-refractivity contribution in [3.05, 3.63) is 23.8 Å². The molecule has 1 fully saturated rings. The van der Waals surface area contributed by atoms with Crippen LogP contribution in [0.3, 0.4) is 0 Å². The molecule has 0 unspecified atom stereocenters. The van der Waals surface area contributed by atoms with E-state index in [1.807, 2.05) is 0 Å². The molecule has 1 heterocycles. The van der Waals surface area contributed by atoms with Crippen LogP contribution in [-0.2, 0) is 0 Å². The van der Waals surface area contributed by atoms with E-state index in [9.17, 15) is 9.90 Å². The van der Waals surface area contributed by atoms with Gasteiger partial charge >= 0.3 is 0 Å². The van der Waals surface area contributed by atoms with Gasteiger partial charge in [-0.05, 0) is 18.6 Å². The molecule has 1 aliphatic heterocycles. The summed E-state index contributed by atoms with van der Waals surface area (Å²) in [5.74, 6) is 0.135.